The van der Waals surface area contributed by atoms with Gasteiger partial charge in [-0.2, -0.15) is 5.26 Å². The predicted octanol–water partition coefficient (Wildman–Crippen LogP) is -0.137. The van der Waals surface area contributed by atoms with Crippen LogP contribution in [0.5, 0.6) is 0 Å². The number of carbonyl (C=O) groups is 1. The number of nitrogens with one attached hydrogen (secondary N) is 1. The molecule has 0 aromatic heterocycles. The van der Waals surface area contributed by atoms with Crippen LogP contribution in [0.1, 0.15) is 19.3 Å². The molecule has 70 valence electrons. The fourth-order valence-corrected chi connectivity index (χ4v) is 2.21. The summed E-state index contributed by atoms with van der Waals surface area (Å²) < 4.78 is 0. The summed E-state index contributed by atoms with van der Waals surface area (Å²) in [6.07, 6.45) is 2.82. The number of hydrogen-bond acceptors (Lipinski definition) is 3. The maximum absolute atomic E-state index is 11.4. The van der Waals surface area contributed by atoms with Crippen molar-refractivity contribution in [1.29, 1.82) is 5.26 Å². The standard InChI is InChI=1S/C9H13N3O/c10-6-7-2-1-3-8-9(13)11-4-5-12(7)8/h7-8H,1-5H2,(H,11,13). The molecule has 2 fully saturated rings. The molecule has 0 radical (unpaired) electrons. The van der Waals surface area contributed by atoms with Crippen molar-refractivity contribution < 1.29 is 4.79 Å². The van der Waals surface area contributed by atoms with Crippen LogP contribution in [0.2, 0.25) is 0 Å². The SMILES string of the molecule is N#CC1CCCC2C(=O)NCCN12. The van der Waals surface area contributed by atoms with E-state index in [9.17, 15) is 4.79 Å². The third-order valence-electron chi connectivity index (χ3n) is 2.88. The Morgan fingerprint density at radius 1 is 1.54 bits per heavy atom. The summed E-state index contributed by atoms with van der Waals surface area (Å²) in [7, 11) is 0. The molecule has 0 aliphatic carbocycles. The van der Waals surface area contributed by atoms with Crippen LogP contribution in [-0.2, 0) is 4.79 Å². The molecular weight excluding hydrogens is 166 g/mol. The summed E-state index contributed by atoms with van der Waals surface area (Å²) in [5, 5.41) is 11.7. The van der Waals surface area contributed by atoms with Gasteiger partial charge in [0.15, 0.2) is 0 Å². The Morgan fingerprint density at radius 2 is 2.38 bits per heavy atom. The number of amides is 1. The summed E-state index contributed by atoms with van der Waals surface area (Å²) in [6, 6.07) is 2.20. The van der Waals surface area contributed by atoms with E-state index in [-0.39, 0.29) is 18.0 Å². The van der Waals surface area contributed by atoms with E-state index < -0.39 is 0 Å². The van der Waals surface area contributed by atoms with Gasteiger partial charge in [-0.15, -0.1) is 0 Å². The first-order valence-corrected chi connectivity index (χ1v) is 4.76. The minimum Gasteiger partial charge on any atom is -0.353 e. The molecule has 0 bridgehead atoms. The van der Waals surface area contributed by atoms with Crippen LogP contribution in [0.3, 0.4) is 0 Å². The highest BCUT2D eigenvalue weighted by Crippen LogP contribution is 2.23. The molecule has 2 unspecified atom stereocenters. The van der Waals surface area contributed by atoms with Crippen LogP contribution in [-0.4, -0.2) is 36.0 Å². The van der Waals surface area contributed by atoms with E-state index in [2.05, 4.69) is 11.4 Å². The van der Waals surface area contributed by atoms with Crippen LogP contribution < -0.4 is 5.32 Å². The van der Waals surface area contributed by atoms with Gasteiger partial charge in [0.05, 0.1) is 18.2 Å². The minimum absolute atomic E-state index is 0.0350. The fraction of sp³-hybridized carbons (Fsp3) is 0.778. The molecule has 13 heavy (non-hydrogen) atoms. The van der Waals surface area contributed by atoms with Crippen molar-refractivity contribution in [3.05, 3.63) is 0 Å². The van der Waals surface area contributed by atoms with Crippen LogP contribution in [0.25, 0.3) is 0 Å². The van der Waals surface area contributed by atoms with E-state index in [0.717, 1.165) is 25.8 Å². The topological polar surface area (TPSA) is 56.1 Å². The van der Waals surface area contributed by atoms with Gasteiger partial charge in [-0.05, 0) is 19.3 Å². The van der Waals surface area contributed by atoms with E-state index in [1.807, 2.05) is 4.90 Å². The second kappa shape index (κ2) is 3.35. The van der Waals surface area contributed by atoms with Gasteiger partial charge in [0.2, 0.25) is 5.91 Å². The highest BCUT2D eigenvalue weighted by molar-refractivity contribution is 5.82. The molecule has 2 aliphatic heterocycles. The summed E-state index contributed by atoms with van der Waals surface area (Å²) in [4.78, 5) is 13.5. The maximum atomic E-state index is 11.4. The summed E-state index contributed by atoms with van der Waals surface area (Å²) in [5.74, 6) is 0.103. The molecule has 1 N–H and O–H groups in total. The maximum Gasteiger partial charge on any atom is 0.237 e. The van der Waals surface area contributed by atoms with Crippen molar-refractivity contribution in [2.45, 2.75) is 31.3 Å². The molecule has 4 nitrogen and oxygen atoms in total. The number of hydrogen-bond donors (Lipinski definition) is 1. The molecule has 0 aromatic carbocycles. The van der Waals surface area contributed by atoms with E-state index >= 15 is 0 Å². The fourth-order valence-electron chi connectivity index (χ4n) is 2.21. The molecule has 2 atom stereocenters. The lowest BCUT2D eigenvalue weighted by molar-refractivity contribution is -0.131. The van der Waals surface area contributed by atoms with Crippen molar-refractivity contribution in [3.63, 3.8) is 0 Å². The highest BCUT2D eigenvalue weighted by Gasteiger charge is 2.36. The number of fused-ring (bicyclic) bond motifs is 1. The van der Waals surface area contributed by atoms with Gasteiger partial charge >= 0.3 is 0 Å². The first-order valence-electron chi connectivity index (χ1n) is 4.76. The Kier molecular flexibility index (Phi) is 2.19. The summed E-state index contributed by atoms with van der Waals surface area (Å²) >= 11 is 0. The Labute approximate surface area is 77.5 Å². The minimum atomic E-state index is -0.0372. The quantitative estimate of drug-likeness (QED) is 0.563. The molecule has 1 amide bonds. The Morgan fingerprint density at radius 3 is 3.15 bits per heavy atom. The number of carbonyl (C=O) groups excluding carboxylic acids is 1. The number of piperazine rings is 1. The Hall–Kier alpha value is -1.08. The van der Waals surface area contributed by atoms with E-state index in [1.165, 1.54) is 0 Å². The van der Waals surface area contributed by atoms with Gasteiger partial charge in [-0.1, -0.05) is 0 Å². The van der Waals surface area contributed by atoms with E-state index in [4.69, 9.17) is 5.26 Å². The average Bonchev–Trinajstić information content (AvgIpc) is 2.18. The van der Waals surface area contributed by atoms with Gasteiger partial charge in [0, 0.05) is 13.1 Å². The zero-order valence-corrected chi connectivity index (χ0v) is 7.49. The van der Waals surface area contributed by atoms with Gasteiger partial charge in [0.25, 0.3) is 0 Å². The highest BCUT2D eigenvalue weighted by atomic mass is 16.2. The van der Waals surface area contributed by atoms with Crippen molar-refractivity contribution in [3.8, 4) is 6.07 Å². The van der Waals surface area contributed by atoms with Crippen LogP contribution in [0, 0.1) is 11.3 Å². The zero-order chi connectivity index (χ0) is 9.26. The Balaban J connectivity index is 2.14. The molecule has 2 rings (SSSR count). The number of piperidine rings is 1. The second-order valence-corrected chi connectivity index (χ2v) is 3.62. The molecule has 2 aliphatic rings. The molecule has 2 heterocycles. The number of nitrogens with zero attached hydrogens (tertiary/aromatic N) is 2. The molecule has 2 saturated heterocycles. The lowest BCUT2D eigenvalue weighted by atomic mass is 9.94. The third-order valence-corrected chi connectivity index (χ3v) is 2.88. The lowest BCUT2D eigenvalue weighted by Gasteiger charge is -2.41. The third kappa shape index (κ3) is 1.40. The van der Waals surface area contributed by atoms with Crippen molar-refractivity contribution in [2.24, 2.45) is 0 Å². The van der Waals surface area contributed by atoms with Gasteiger partial charge < -0.3 is 5.32 Å². The van der Waals surface area contributed by atoms with Crippen molar-refractivity contribution in [2.75, 3.05) is 13.1 Å². The molecule has 0 spiro atoms. The van der Waals surface area contributed by atoms with Gasteiger partial charge in [-0.25, -0.2) is 0 Å². The molecule has 0 aromatic rings. The van der Waals surface area contributed by atoms with Crippen LogP contribution in [0.15, 0.2) is 0 Å². The normalized spacial score (nSPS) is 34.5. The monoisotopic (exact) mass is 179 g/mol. The average molecular weight is 179 g/mol. The van der Waals surface area contributed by atoms with E-state index in [0.29, 0.717) is 6.54 Å². The molecule has 4 heteroatoms. The zero-order valence-electron chi connectivity index (χ0n) is 7.49. The van der Waals surface area contributed by atoms with E-state index in [1.54, 1.807) is 0 Å². The largest absolute Gasteiger partial charge is 0.353 e. The first-order chi connectivity index (χ1) is 6.33. The lowest BCUT2D eigenvalue weighted by Crippen LogP contribution is -2.59. The van der Waals surface area contributed by atoms with Crippen LogP contribution in [0.4, 0.5) is 0 Å². The van der Waals surface area contributed by atoms with Crippen molar-refractivity contribution >= 4 is 5.91 Å². The van der Waals surface area contributed by atoms with Crippen LogP contribution >= 0.6 is 0 Å². The van der Waals surface area contributed by atoms with Gasteiger partial charge in [0.1, 0.15) is 0 Å². The second-order valence-electron chi connectivity index (χ2n) is 3.62. The number of nitriles is 1. The summed E-state index contributed by atoms with van der Waals surface area (Å²) in [5.41, 5.74) is 0. The smallest absolute Gasteiger partial charge is 0.237 e. The summed E-state index contributed by atoms with van der Waals surface area (Å²) in [6.45, 7) is 1.52. The van der Waals surface area contributed by atoms with Gasteiger partial charge in [-0.3, -0.25) is 9.69 Å². The van der Waals surface area contributed by atoms with Crippen molar-refractivity contribution in [1.82, 2.24) is 10.2 Å². The molecular formula is C9H13N3O. The first kappa shape index (κ1) is 8.52. The molecule has 0 saturated carbocycles. The predicted molar refractivity (Wildman–Crippen MR) is 46.8 cm³/mol. The number of rotatable bonds is 0. The Bertz CT molecular complexity index is 258.